The van der Waals surface area contributed by atoms with E-state index in [0.717, 1.165) is 15.2 Å². The molecule has 0 aliphatic rings. The normalized spacial score (nSPS) is 11.5. The smallest absolute Gasteiger partial charge is 0.321 e. The van der Waals surface area contributed by atoms with E-state index in [-0.39, 0.29) is 5.69 Å². The molecule has 26 heavy (non-hydrogen) atoms. The predicted molar refractivity (Wildman–Crippen MR) is 105 cm³/mol. The van der Waals surface area contributed by atoms with Gasteiger partial charge >= 0.3 is 5.69 Å². The standard InChI is InChI=1S/C19H22N4O2S/c1-10(2)7-13-8-15(23-19(25)21-13)17(24)20-12-5-6-14-16(9-12)26-18(22-14)11(3)4/h5-6,8-11H,7H2,1-4H3,(H,20,24)(H,21,23,25). The maximum Gasteiger partial charge on any atom is 0.345 e. The molecule has 0 radical (unpaired) electrons. The zero-order chi connectivity index (χ0) is 18.8. The number of carbonyl (C=O) groups excluding carboxylic acids is 1. The van der Waals surface area contributed by atoms with Crippen molar-refractivity contribution in [3.05, 3.63) is 51.1 Å². The Labute approximate surface area is 155 Å². The van der Waals surface area contributed by atoms with Gasteiger partial charge in [0.05, 0.1) is 15.2 Å². The first-order valence-corrected chi connectivity index (χ1v) is 9.45. The number of fused-ring (bicyclic) bond motifs is 1. The van der Waals surface area contributed by atoms with Crippen molar-refractivity contribution in [1.29, 1.82) is 0 Å². The number of amides is 1. The van der Waals surface area contributed by atoms with Gasteiger partial charge in [-0.05, 0) is 36.6 Å². The summed E-state index contributed by atoms with van der Waals surface area (Å²) >= 11 is 1.62. The van der Waals surface area contributed by atoms with Gasteiger partial charge in [-0.15, -0.1) is 11.3 Å². The molecule has 0 atom stereocenters. The van der Waals surface area contributed by atoms with E-state index >= 15 is 0 Å². The number of nitrogens with zero attached hydrogens (tertiary/aromatic N) is 2. The van der Waals surface area contributed by atoms with Crippen molar-refractivity contribution in [3.8, 4) is 0 Å². The van der Waals surface area contributed by atoms with E-state index in [1.807, 2.05) is 32.0 Å². The van der Waals surface area contributed by atoms with Crippen molar-refractivity contribution in [2.45, 2.75) is 40.0 Å². The molecule has 0 spiro atoms. The molecule has 6 nitrogen and oxygen atoms in total. The lowest BCUT2D eigenvalue weighted by atomic mass is 10.1. The third kappa shape index (κ3) is 4.16. The number of hydrogen-bond acceptors (Lipinski definition) is 5. The number of aromatic nitrogens is 3. The van der Waals surface area contributed by atoms with Crippen LogP contribution in [0.3, 0.4) is 0 Å². The fraction of sp³-hybridized carbons (Fsp3) is 0.368. The van der Waals surface area contributed by atoms with Gasteiger partial charge in [0.2, 0.25) is 0 Å². The maximum absolute atomic E-state index is 12.5. The summed E-state index contributed by atoms with van der Waals surface area (Å²) in [6.45, 7) is 8.31. The van der Waals surface area contributed by atoms with E-state index < -0.39 is 11.6 Å². The highest BCUT2D eigenvalue weighted by atomic mass is 32.1. The number of thiazole rings is 1. The Morgan fingerprint density at radius 1 is 1.19 bits per heavy atom. The van der Waals surface area contributed by atoms with E-state index in [1.165, 1.54) is 0 Å². The van der Waals surface area contributed by atoms with Crippen molar-refractivity contribution >= 4 is 33.1 Å². The molecule has 0 aliphatic carbocycles. The van der Waals surface area contributed by atoms with Crippen LogP contribution < -0.4 is 11.0 Å². The Morgan fingerprint density at radius 3 is 2.65 bits per heavy atom. The van der Waals surface area contributed by atoms with Gasteiger partial charge in [0.25, 0.3) is 5.91 Å². The van der Waals surface area contributed by atoms with Crippen LogP contribution in [0.15, 0.2) is 29.1 Å². The van der Waals surface area contributed by atoms with Gasteiger partial charge in [-0.3, -0.25) is 4.79 Å². The number of nitrogens with one attached hydrogen (secondary N) is 2. The quantitative estimate of drug-likeness (QED) is 0.712. The highest BCUT2D eigenvalue weighted by Gasteiger charge is 2.13. The molecule has 2 heterocycles. The molecule has 0 aliphatic heterocycles. The molecule has 136 valence electrons. The van der Waals surface area contributed by atoms with Gasteiger partial charge in [0.15, 0.2) is 0 Å². The van der Waals surface area contributed by atoms with Crippen LogP contribution in [0.25, 0.3) is 10.2 Å². The topological polar surface area (TPSA) is 87.7 Å². The SMILES string of the molecule is CC(C)Cc1cc(C(=O)Nc2ccc3nc(C(C)C)sc3c2)nc(=O)[nH]1. The molecule has 0 saturated carbocycles. The van der Waals surface area contributed by atoms with Crippen LogP contribution >= 0.6 is 11.3 Å². The second-order valence-corrected chi connectivity index (χ2v) is 8.10. The Hall–Kier alpha value is -2.54. The van der Waals surface area contributed by atoms with Gasteiger partial charge in [0.1, 0.15) is 5.69 Å². The van der Waals surface area contributed by atoms with Crippen LogP contribution in [0.5, 0.6) is 0 Å². The van der Waals surface area contributed by atoms with Crippen molar-refractivity contribution in [3.63, 3.8) is 0 Å². The van der Waals surface area contributed by atoms with Crippen molar-refractivity contribution in [2.24, 2.45) is 5.92 Å². The molecule has 7 heteroatoms. The summed E-state index contributed by atoms with van der Waals surface area (Å²) in [5, 5.41) is 3.89. The maximum atomic E-state index is 12.5. The molecule has 2 N–H and O–H groups in total. The van der Waals surface area contributed by atoms with Crippen LogP contribution in [0.4, 0.5) is 5.69 Å². The third-order valence-corrected chi connectivity index (χ3v) is 5.14. The highest BCUT2D eigenvalue weighted by Crippen LogP contribution is 2.29. The fourth-order valence-electron chi connectivity index (χ4n) is 2.64. The largest absolute Gasteiger partial charge is 0.345 e. The number of rotatable bonds is 5. The Morgan fingerprint density at radius 2 is 1.96 bits per heavy atom. The third-order valence-electron chi connectivity index (χ3n) is 3.82. The first-order valence-electron chi connectivity index (χ1n) is 8.64. The van der Waals surface area contributed by atoms with Crippen LogP contribution in [0.2, 0.25) is 0 Å². The van der Waals surface area contributed by atoms with E-state index in [9.17, 15) is 9.59 Å². The Balaban J connectivity index is 1.84. The minimum absolute atomic E-state index is 0.122. The van der Waals surface area contributed by atoms with E-state index in [4.69, 9.17) is 0 Å². The lowest BCUT2D eigenvalue weighted by molar-refractivity contribution is 0.102. The molecule has 1 aromatic carbocycles. The summed E-state index contributed by atoms with van der Waals surface area (Å²) in [6.07, 6.45) is 0.683. The molecule has 0 bridgehead atoms. The van der Waals surface area contributed by atoms with Crippen LogP contribution in [0, 0.1) is 5.92 Å². The average molecular weight is 370 g/mol. The van der Waals surface area contributed by atoms with E-state index in [1.54, 1.807) is 17.4 Å². The average Bonchev–Trinajstić information content (AvgIpc) is 2.97. The molecular formula is C19H22N4O2S. The Bertz CT molecular complexity index is 1000. The minimum atomic E-state index is -0.507. The van der Waals surface area contributed by atoms with Crippen LogP contribution in [-0.2, 0) is 6.42 Å². The van der Waals surface area contributed by atoms with Crippen molar-refractivity contribution in [2.75, 3.05) is 5.32 Å². The minimum Gasteiger partial charge on any atom is -0.321 e. The van der Waals surface area contributed by atoms with Crippen molar-refractivity contribution in [1.82, 2.24) is 15.0 Å². The molecule has 0 saturated heterocycles. The molecular weight excluding hydrogens is 348 g/mol. The summed E-state index contributed by atoms with van der Waals surface area (Å²) in [6, 6.07) is 7.24. The lowest BCUT2D eigenvalue weighted by Crippen LogP contribution is -2.22. The van der Waals surface area contributed by atoms with Crippen LogP contribution in [-0.4, -0.2) is 20.9 Å². The number of hydrogen-bond donors (Lipinski definition) is 2. The van der Waals surface area contributed by atoms with Crippen molar-refractivity contribution < 1.29 is 4.79 Å². The zero-order valence-corrected chi connectivity index (χ0v) is 16.1. The van der Waals surface area contributed by atoms with Crippen LogP contribution in [0.1, 0.15) is 54.8 Å². The molecule has 1 amide bonds. The summed E-state index contributed by atoms with van der Waals surface area (Å²) in [4.78, 5) is 35.3. The van der Waals surface area contributed by atoms with Gasteiger partial charge in [-0.25, -0.2) is 9.78 Å². The van der Waals surface area contributed by atoms with E-state index in [0.29, 0.717) is 29.6 Å². The molecule has 2 aromatic heterocycles. The first-order chi connectivity index (χ1) is 12.3. The molecule has 3 aromatic rings. The molecule has 3 rings (SSSR count). The number of carbonyl (C=O) groups is 1. The number of anilines is 1. The van der Waals surface area contributed by atoms with Gasteiger partial charge in [-0.2, -0.15) is 4.98 Å². The van der Waals surface area contributed by atoms with Gasteiger partial charge in [-0.1, -0.05) is 27.7 Å². The zero-order valence-electron chi connectivity index (χ0n) is 15.3. The number of H-pyrrole nitrogens is 1. The second-order valence-electron chi connectivity index (χ2n) is 7.04. The lowest BCUT2D eigenvalue weighted by Gasteiger charge is -2.07. The first kappa shape index (κ1) is 18.3. The van der Waals surface area contributed by atoms with E-state index in [2.05, 4.69) is 34.1 Å². The summed E-state index contributed by atoms with van der Waals surface area (Å²) in [5.41, 5.74) is 1.91. The Kier molecular flexibility index (Phi) is 5.18. The number of benzene rings is 1. The highest BCUT2D eigenvalue weighted by molar-refractivity contribution is 7.18. The van der Waals surface area contributed by atoms with Gasteiger partial charge in [0, 0.05) is 17.3 Å². The van der Waals surface area contributed by atoms with Gasteiger partial charge < -0.3 is 10.3 Å². The monoisotopic (exact) mass is 370 g/mol. The summed E-state index contributed by atoms with van der Waals surface area (Å²) in [5.74, 6) is 0.340. The predicted octanol–water partition coefficient (Wildman–Crippen LogP) is 3.95. The summed E-state index contributed by atoms with van der Waals surface area (Å²) in [7, 11) is 0. The molecule has 0 unspecified atom stereocenters. The fourth-order valence-corrected chi connectivity index (χ4v) is 3.65. The number of aromatic amines is 1. The second kappa shape index (κ2) is 7.37. The molecule has 0 fully saturated rings. The summed E-state index contributed by atoms with van der Waals surface area (Å²) < 4.78 is 1.02.